The van der Waals surface area contributed by atoms with Gasteiger partial charge in [0.1, 0.15) is 11.3 Å². The number of amides is 2. The number of nitrogens with one attached hydrogen (secondary N) is 1. The third-order valence-corrected chi connectivity index (χ3v) is 5.26. The van der Waals surface area contributed by atoms with Gasteiger partial charge < -0.3 is 4.42 Å². The van der Waals surface area contributed by atoms with E-state index >= 15 is 0 Å². The molecule has 1 fully saturated rings. The lowest BCUT2D eigenvalue weighted by atomic mass is 10.0. The summed E-state index contributed by atoms with van der Waals surface area (Å²) in [4.78, 5) is 27.0. The maximum absolute atomic E-state index is 13.1. The average Bonchev–Trinajstić information content (AvgIpc) is 3.27. The van der Waals surface area contributed by atoms with E-state index in [1.807, 2.05) is 0 Å². The first kappa shape index (κ1) is 22.6. The van der Waals surface area contributed by atoms with Crippen molar-refractivity contribution >= 4 is 52.1 Å². The zero-order valence-corrected chi connectivity index (χ0v) is 16.9. The number of hydrogen-bond donors (Lipinski definition) is 1. The number of thioether (sulfide) groups is 1. The highest BCUT2D eigenvalue weighted by molar-refractivity contribution is 8.18. The number of hydrogen-bond acceptors (Lipinski definition) is 5. The van der Waals surface area contributed by atoms with Gasteiger partial charge in [-0.3, -0.25) is 19.9 Å². The summed E-state index contributed by atoms with van der Waals surface area (Å²) in [5, 5.41) is 2.03. The van der Waals surface area contributed by atoms with Gasteiger partial charge in [0.2, 0.25) is 0 Å². The van der Waals surface area contributed by atoms with Crippen molar-refractivity contribution in [1.29, 1.82) is 0 Å². The van der Waals surface area contributed by atoms with Crippen LogP contribution in [0.3, 0.4) is 0 Å². The highest BCUT2D eigenvalue weighted by Gasteiger charge is 2.36. The minimum Gasteiger partial charge on any atom is -0.456 e. The van der Waals surface area contributed by atoms with Crippen LogP contribution >= 0.6 is 11.8 Å². The number of halogens is 6. The smallest absolute Gasteiger partial charge is 0.416 e. The number of carbonyl (C=O) groups is 2. The van der Waals surface area contributed by atoms with E-state index in [4.69, 9.17) is 4.42 Å². The molecule has 0 bridgehead atoms. The molecule has 0 radical (unpaired) electrons. The number of fused-ring (bicyclic) bond motifs is 1. The highest BCUT2D eigenvalue weighted by Crippen LogP contribution is 2.37. The van der Waals surface area contributed by atoms with Crippen molar-refractivity contribution in [1.82, 2.24) is 10.3 Å². The minimum atomic E-state index is -4.96. The molecule has 1 saturated heterocycles. The lowest BCUT2D eigenvalue weighted by Crippen LogP contribution is -2.17. The molecule has 0 aliphatic carbocycles. The molecule has 3 heterocycles. The Labute approximate surface area is 185 Å². The molecule has 0 saturated carbocycles. The quantitative estimate of drug-likeness (QED) is 0.346. The Morgan fingerprint density at radius 1 is 0.909 bits per heavy atom. The Morgan fingerprint density at radius 3 is 2.15 bits per heavy atom. The van der Waals surface area contributed by atoms with Crippen LogP contribution in [0.2, 0.25) is 0 Å². The molecule has 2 amide bonds. The minimum absolute atomic E-state index is 0.0495. The Hall–Kier alpha value is -3.54. The van der Waals surface area contributed by atoms with E-state index in [0.717, 1.165) is 6.08 Å². The zero-order chi connectivity index (χ0) is 24.0. The van der Waals surface area contributed by atoms with Gasteiger partial charge in [0.05, 0.1) is 16.0 Å². The predicted octanol–water partition coefficient (Wildman–Crippen LogP) is 6.36. The average molecular weight is 484 g/mol. The van der Waals surface area contributed by atoms with Crippen LogP contribution in [0.4, 0.5) is 31.1 Å². The maximum atomic E-state index is 13.1. The molecule has 1 aliphatic heterocycles. The van der Waals surface area contributed by atoms with E-state index in [0.29, 0.717) is 29.3 Å². The standard InChI is InChI=1S/C21H10F6N2O3S/c22-20(23,24)13-3-10(4-14(6-13)21(25,26)27)1-2-11-8-28-9-12-5-15(32-17(11)12)7-16-18(30)29-19(31)33-16/h1-9H,(H,29,30,31)/b2-1+,16-7?. The second kappa shape index (κ2) is 8.10. The molecule has 4 rings (SSSR count). The summed E-state index contributed by atoms with van der Waals surface area (Å²) >= 11 is 0.685. The van der Waals surface area contributed by atoms with Crippen LogP contribution in [0.15, 0.2) is 46.0 Å². The van der Waals surface area contributed by atoms with Gasteiger partial charge in [-0.25, -0.2) is 0 Å². The van der Waals surface area contributed by atoms with Gasteiger partial charge >= 0.3 is 12.4 Å². The molecule has 5 nitrogen and oxygen atoms in total. The van der Waals surface area contributed by atoms with Crippen molar-refractivity contribution in [2.75, 3.05) is 0 Å². The molecular formula is C21H10F6N2O3S. The second-order valence-electron chi connectivity index (χ2n) is 6.82. The van der Waals surface area contributed by atoms with Crippen molar-refractivity contribution in [2.24, 2.45) is 0 Å². The molecular weight excluding hydrogens is 474 g/mol. The SMILES string of the molecule is O=C1NC(=O)C(=Cc2cc3cncc(/C=C/c4cc(C(F)(F)F)cc(C(F)(F)F)c4)c3o2)S1. The van der Waals surface area contributed by atoms with Crippen LogP contribution in [-0.2, 0) is 17.1 Å². The monoisotopic (exact) mass is 484 g/mol. The summed E-state index contributed by atoms with van der Waals surface area (Å²) in [6.45, 7) is 0. The molecule has 1 N–H and O–H groups in total. The third kappa shape index (κ3) is 4.95. The summed E-state index contributed by atoms with van der Waals surface area (Å²) in [5.74, 6) is -0.382. The van der Waals surface area contributed by atoms with E-state index in [9.17, 15) is 35.9 Å². The van der Waals surface area contributed by atoms with Gasteiger partial charge in [-0.2, -0.15) is 26.3 Å². The van der Waals surface area contributed by atoms with Crippen LogP contribution < -0.4 is 5.32 Å². The van der Waals surface area contributed by atoms with E-state index in [-0.39, 0.29) is 33.4 Å². The molecule has 170 valence electrons. The van der Waals surface area contributed by atoms with Gasteiger partial charge in [0, 0.05) is 29.4 Å². The van der Waals surface area contributed by atoms with Crippen molar-refractivity contribution < 1.29 is 40.3 Å². The van der Waals surface area contributed by atoms with E-state index < -0.39 is 34.6 Å². The fourth-order valence-corrected chi connectivity index (χ4v) is 3.67. The van der Waals surface area contributed by atoms with Crippen LogP contribution in [0.25, 0.3) is 29.2 Å². The Morgan fingerprint density at radius 2 is 1.58 bits per heavy atom. The number of alkyl halides is 6. The van der Waals surface area contributed by atoms with Crippen LogP contribution in [0, 0.1) is 0 Å². The van der Waals surface area contributed by atoms with Crippen LogP contribution in [0.1, 0.15) is 28.0 Å². The maximum Gasteiger partial charge on any atom is 0.416 e. The van der Waals surface area contributed by atoms with Gasteiger partial charge in [-0.1, -0.05) is 6.08 Å². The third-order valence-electron chi connectivity index (χ3n) is 4.45. The summed E-state index contributed by atoms with van der Waals surface area (Å²) in [7, 11) is 0. The van der Waals surface area contributed by atoms with Crippen LogP contribution in [0.5, 0.6) is 0 Å². The lowest BCUT2D eigenvalue weighted by Gasteiger charge is -2.12. The number of nitrogens with zero attached hydrogens (tertiary/aromatic N) is 1. The largest absolute Gasteiger partial charge is 0.456 e. The van der Waals surface area contributed by atoms with E-state index in [1.165, 1.54) is 30.6 Å². The first-order valence-corrected chi connectivity index (χ1v) is 9.82. The molecule has 0 unspecified atom stereocenters. The normalized spacial score (nSPS) is 16.4. The number of pyridine rings is 1. The van der Waals surface area contributed by atoms with Gasteiger partial charge in [-0.15, -0.1) is 0 Å². The van der Waals surface area contributed by atoms with Gasteiger partial charge in [-0.05, 0) is 47.7 Å². The Balaban J connectivity index is 1.72. The first-order valence-electron chi connectivity index (χ1n) is 9.00. The molecule has 0 spiro atoms. The molecule has 1 aliphatic rings. The van der Waals surface area contributed by atoms with Crippen molar-refractivity contribution in [3.05, 3.63) is 69.6 Å². The summed E-state index contributed by atoms with van der Waals surface area (Å²) in [6, 6.07) is 2.78. The molecule has 12 heteroatoms. The van der Waals surface area contributed by atoms with Crippen molar-refractivity contribution in [3.63, 3.8) is 0 Å². The molecule has 33 heavy (non-hydrogen) atoms. The second-order valence-corrected chi connectivity index (χ2v) is 7.84. The number of aromatic nitrogens is 1. The number of imide groups is 1. The first-order chi connectivity index (χ1) is 15.4. The lowest BCUT2D eigenvalue weighted by molar-refractivity contribution is -0.143. The predicted molar refractivity (Wildman–Crippen MR) is 108 cm³/mol. The van der Waals surface area contributed by atoms with Crippen molar-refractivity contribution in [2.45, 2.75) is 12.4 Å². The summed E-state index contributed by atoms with van der Waals surface area (Å²) < 4.78 is 84.0. The van der Waals surface area contributed by atoms with Crippen molar-refractivity contribution in [3.8, 4) is 0 Å². The molecule has 1 aromatic carbocycles. The zero-order valence-electron chi connectivity index (χ0n) is 16.0. The molecule has 2 aromatic heterocycles. The van der Waals surface area contributed by atoms with E-state index in [2.05, 4.69) is 10.3 Å². The summed E-state index contributed by atoms with van der Waals surface area (Å²) in [6.07, 6.45) is -3.48. The Kier molecular flexibility index (Phi) is 5.56. The number of carbonyl (C=O) groups excluding carboxylic acids is 2. The number of benzene rings is 1. The highest BCUT2D eigenvalue weighted by atomic mass is 32.2. The number of rotatable bonds is 3. The Bertz CT molecular complexity index is 1310. The van der Waals surface area contributed by atoms with Crippen LogP contribution in [-0.4, -0.2) is 16.1 Å². The van der Waals surface area contributed by atoms with Gasteiger partial charge in [0.25, 0.3) is 11.1 Å². The fourth-order valence-electron chi connectivity index (χ4n) is 3.00. The molecule has 0 atom stereocenters. The molecule has 3 aromatic rings. The van der Waals surface area contributed by atoms with E-state index in [1.54, 1.807) is 0 Å². The van der Waals surface area contributed by atoms with Gasteiger partial charge in [0.15, 0.2) is 0 Å². The topological polar surface area (TPSA) is 72.2 Å². The fraction of sp³-hybridized carbons (Fsp3) is 0.0952. The summed E-state index contributed by atoms with van der Waals surface area (Å²) in [5.41, 5.74) is -2.65. The number of furan rings is 1.